The molecule has 0 unspecified atom stereocenters. The molecule has 2 aromatic carbocycles. The number of ether oxygens (including phenoxy) is 1. The zero-order valence-electron chi connectivity index (χ0n) is 17.0. The van der Waals surface area contributed by atoms with E-state index >= 15 is 0 Å². The summed E-state index contributed by atoms with van der Waals surface area (Å²) in [7, 11) is 1.65. The van der Waals surface area contributed by atoms with Crippen molar-refractivity contribution >= 4 is 39.7 Å². The van der Waals surface area contributed by atoms with E-state index in [1.54, 1.807) is 7.11 Å². The van der Waals surface area contributed by atoms with Crippen LogP contribution >= 0.6 is 22.9 Å². The molecule has 0 N–H and O–H groups in total. The number of rotatable bonds is 6. The number of carbonyl (C=O) groups is 1. The number of hydrogen-bond acceptors (Lipinski definition) is 5. The van der Waals surface area contributed by atoms with E-state index in [2.05, 4.69) is 0 Å². The summed E-state index contributed by atoms with van der Waals surface area (Å²) in [5.41, 5.74) is 2.64. The molecule has 7 heteroatoms. The lowest BCUT2D eigenvalue weighted by molar-refractivity contribution is -0.131. The van der Waals surface area contributed by atoms with Crippen molar-refractivity contribution < 1.29 is 9.53 Å². The summed E-state index contributed by atoms with van der Waals surface area (Å²) < 4.78 is 5.24. The molecular formula is C23H24ClN3O2S. The van der Waals surface area contributed by atoms with Gasteiger partial charge < -0.3 is 14.5 Å². The lowest BCUT2D eigenvalue weighted by Gasteiger charge is -2.31. The Morgan fingerprint density at radius 2 is 1.87 bits per heavy atom. The molecule has 1 aliphatic rings. The summed E-state index contributed by atoms with van der Waals surface area (Å²) in [6, 6.07) is 15.0. The molecule has 1 aromatic heterocycles. The highest BCUT2D eigenvalue weighted by Crippen LogP contribution is 2.38. The van der Waals surface area contributed by atoms with Gasteiger partial charge in [0.1, 0.15) is 11.8 Å². The van der Waals surface area contributed by atoms with E-state index in [1.807, 2.05) is 70.6 Å². The minimum atomic E-state index is -0.405. The Labute approximate surface area is 185 Å². The lowest BCUT2D eigenvalue weighted by atomic mass is 10.2. The third-order valence-electron chi connectivity index (χ3n) is 5.36. The topological polar surface area (TPSA) is 45.7 Å². The molecule has 2 heterocycles. The normalized spacial score (nSPS) is 14.6. The molecule has 0 radical (unpaired) electrons. The summed E-state index contributed by atoms with van der Waals surface area (Å²) in [4.78, 5) is 22.0. The number of nitrogens with zero attached hydrogens (tertiary/aromatic N) is 3. The second-order valence-electron chi connectivity index (χ2n) is 7.27. The van der Waals surface area contributed by atoms with Crippen molar-refractivity contribution in [3.05, 3.63) is 58.9 Å². The first-order valence-corrected chi connectivity index (χ1v) is 11.3. The van der Waals surface area contributed by atoms with Crippen LogP contribution in [0.3, 0.4) is 0 Å². The van der Waals surface area contributed by atoms with Crippen LogP contribution in [0.2, 0.25) is 5.02 Å². The van der Waals surface area contributed by atoms with Gasteiger partial charge >= 0.3 is 0 Å². The number of halogens is 1. The van der Waals surface area contributed by atoms with Crippen LogP contribution in [-0.4, -0.2) is 42.0 Å². The van der Waals surface area contributed by atoms with Crippen LogP contribution in [-0.2, 0) is 4.79 Å². The molecule has 1 amide bonds. The summed E-state index contributed by atoms with van der Waals surface area (Å²) in [6.07, 6.45) is 2.12. The number of carbonyl (C=O) groups excluding carboxylic acids is 1. The van der Waals surface area contributed by atoms with Gasteiger partial charge in [-0.25, -0.2) is 4.98 Å². The number of hydrogen-bond donors (Lipinski definition) is 0. The van der Waals surface area contributed by atoms with Crippen LogP contribution < -0.4 is 9.64 Å². The zero-order valence-corrected chi connectivity index (χ0v) is 18.6. The Morgan fingerprint density at radius 1 is 1.17 bits per heavy atom. The van der Waals surface area contributed by atoms with Gasteiger partial charge in [-0.3, -0.25) is 4.79 Å². The number of benzene rings is 2. The van der Waals surface area contributed by atoms with E-state index in [-0.39, 0.29) is 5.91 Å². The number of aromatic nitrogens is 1. The predicted molar refractivity (Wildman–Crippen MR) is 123 cm³/mol. The Bertz CT molecular complexity index is 1020. The fraction of sp³-hybridized carbons (Fsp3) is 0.304. The van der Waals surface area contributed by atoms with Gasteiger partial charge in [-0.15, -0.1) is 11.3 Å². The maximum atomic E-state index is 13.2. The van der Waals surface area contributed by atoms with Crippen LogP contribution in [0.4, 0.5) is 10.8 Å². The van der Waals surface area contributed by atoms with E-state index in [1.165, 1.54) is 11.3 Å². The molecule has 5 nitrogen and oxygen atoms in total. The smallest absolute Gasteiger partial charge is 0.245 e. The van der Waals surface area contributed by atoms with E-state index < -0.39 is 6.04 Å². The maximum Gasteiger partial charge on any atom is 0.245 e. The Hall–Kier alpha value is -2.57. The molecule has 0 saturated carbocycles. The van der Waals surface area contributed by atoms with E-state index in [0.717, 1.165) is 53.8 Å². The quantitative estimate of drug-likeness (QED) is 0.498. The molecule has 0 bridgehead atoms. The largest absolute Gasteiger partial charge is 0.497 e. The molecule has 30 heavy (non-hydrogen) atoms. The van der Waals surface area contributed by atoms with Crippen LogP contribution in [0.25, 0.3) is 11.3 Å². The number of anilines is 2. The first kappa shape index (κ1) is 20.7. The van der Waals surface area contributed by atoms with Crippen molar-refractivity contribution in [2.24, 2.45) is 0 Å². The molecule has 0 spiro atoms. The highest BCUT2D eigenvalue weighted by Gasteiger charge is 2.31. The Kier molecular flexibility index (Phi) is 6.25. The number of likely N-dealkylation sites (tertiary alicyclic amines) is 1. The van der Waals surface area contributed by atoms with Crippen LogP contribution in [0.1, 0.15) is 19.8 Å². The van der Waals surface area contributed by atoms with Crippen molar-refractivity contribution in [3.63, 3.8) is 0 Å². The number of amides is 1. The second-order valence-corrected chi connectivity index (χ2v) is 8.52. The fourth-order valence-electron chi connectivity index (χ4n) is 3.71. The van der Waals surface area contributed by atoms with Crippen molar-refractivity contribution in [1.82, 2.24) is 9.88 Å². The van der Waals surface area contributed by atoms with Gasteiger partial charge in [0.2, 0.25) is 5.91 Å². The fourth-order valence-corrected chi connectivity index (χ4v) is 4.86. The molecule has 0 aliphatic carbocycles. The first-order chi connectivity index (χ1) is 14.6. The van der Waals surface area contributed by atoms with E-state index in [0.29, 0.717) is 5.02 Å². The van der Waals surface area contributed by atoms with E-state index in [9.17, 15) is 4.79 Å². The number of para-hydroxylation sites is 1. The lowest BCUT2D eigenvalue weighted by Crippen LogP contribution is -2.44. The van der Waals surface area contributed by atoms with Crippen molar-refractivity contribution in [2.75, 3.05) is 25.1 Å². The van der Waals surface area contributed by atoms with Gasteiger partial charge in [-0.1, -0.05) is 23.7 Å². The van der Waals surface area contributed by atoms with Gasteiger partial charge in [0.15, 0.2) is 5.13 Å². The number of thiazole rings is 1. The Balaban J connectivity index is 1.70. The van der Waals surface area contributed by atoms with Crippen molar-refractivity contribution in [3.8, 4) is 17.0 Å². The zero-order chi connectivity index (χ0) is 21.1. The molecule has 4 rings (SSSR count). The number of methoxy groups -OCH3 is 1. The molecule has 1 aliphatic heterocycles. The predicted octanol–water partition coefficient (Wildman–Crippen LogP) is 5.62. The molecule has 1 fully saturated rings. The standard InChI is InChI=1S/C23H24ClN3O2S/c1-16(22(28)26-13-5-6-14-26)27(21-8-4-3-7-19(21)24)23-25-20(15-30-23)17-9-11-18(29-2)12-10-17/h3-4,7-12,15-16H,5-6,13-14H2,1-2H3/t16-/m0/s1. The van der Waals surface area contributed by atoms with Gasteiger partial charge in [-0.05, 0) is 56.2 Å². The van der Waals surface area contributed by atoms with Crippen molar-refractivity contribution in [1.29, 1.82) is 0 Å². The Morgan fingerprint density at radius 3 is 2.53 bits per heavy atom. The van der Waals surface area contributed by atoms with Gasteiger partial charge in [-0.2, -0.15) is 0 Å². The summed E-state index contributed by atoms with van der Waals surface area (Å²) in [5.74, 6) is 0.908. The van der Waals surface area contributed by atoms with Gasteiger partial charge in [0, 0.05) is 24.0 Å². The second kappa shape index (κ2) is 9.06. The average molecular weight is 442 g/mol. The SMILES string of the molecule is COc1ccc(-c2csc(N(c3ccccc3Cl)[C@@H](C)C(=O)N3CCCC3)n2)cc1. The molecule has 156 valence electrons. The van der Waals surface area contributed by atoms with Gasteiger partial charge in [0.05, 0.1) is 23.5 Å². The highest BCUT2D eigenvalue weighted by atomic mass is 35.5. The van der Waals surface area contributed by atoms with Crippen LogP contribution in [0.15, 0.2) is 53.9 Å². The monoisotopic (exact) mass is 441 g/mol. The minimum absolute atomic E-state index is 0.105. The summed E-state index contributed by atoms with van der Waals surface area (Å²) in [5, 5.41) is 3.35. The summed E-state index contributed by atoms with van der Waals surface area (Å²) in [6.45, 7) is 3.56. The third kappa shape index (κ3) is 4.16. The maximum absolute atomic E-state index is 13.2. The van der Waals surface area contributed by atoms with Crippen molar-refractivity contribution in [2.45, 2.75) is 25.8 Å². The van der Waals surface area contributed by atoms with Crippen LogP contribution in [0.5, 0.6) is 5.75 Å². The first-order valence-electron chi connectivity index (χ1n) is 10.0. The minimum Gasteiger partial charge on any atom is -0.497 e. The summed E-state index contributed by atoms with van der Waals surface area (Å²) >= 11 is 8.04. The molecule has 1 atom stereocenters. The average Bonchev–Trinajstić information content (AvgIpc) is 3.47. The van der Waals surface area contributed by atoms with Crippen LogP contribution in [0, 0.1) is 0 Å². The van der Waals surface area contributed by atoms with Gasteiger partial charge in [0.25, 0.3) is 0 Å². The molecular weight excluding hydrogens is 418 g/mol. The third-order valence-corrected chi connectivity index (χ3v) is 6.52. The molecule has 1 saturated heterocycles. The van der Waals surface area contributed by atoms with E-state index in [4.69, 9.17) is 21.3 Å². The molecule has 3 aromatic rings. The highest BCUT2D eigenvalue weighted by molar-refractivity contribution is 7.14.